The van der Waals surface area contributed by atoms with Gasteiger partial charge in [-0.15, -0.1) is 0 Å². The maximum absolute atomic E-state index is 17.8. The second-order valence-electron chi connectivity index (χ2n) is 37.5. The second-order valence-corrected chi connectivity index (χ2v) is 38.8. The van der Waals surface area contributed by atoms with Crippen molar-refractivity contribution in [3.8, 4) is 34.8 Å². The zero-order valence-corrected chi connectivity index (χ0v) is 83.8. The van der Waals surface area contributed by atoms with E-state index in [-0.39, 0.29) is 57.3 Å². The van der Waals surface area contributed by atoms with Crippen LogP contribution in [0.5, 0.6) is 28.7 Å². The molecule has 0 aliphatic carbocycles. The number of aliphatic carboxylic acids is 1. The number of carboxylic acids is 1. The number of nitrogens with one attached hydrogen (secondary N) is 2. The summed E-state index contributed by atoms with van der Waals surface area (Å²) in [5.74, 6) is -4.01. The number of nitrogens with zero attached hydrogens (tertiary/aromatic N) is 3. The van der Waals surface area contributed by atoms with E-state index in [4.69, 9.17) is 51.6 Å². The zero-order valence-electron chi connectivity index (χ0n) is 82.9. The molecule has 4 aromatic carbocycles. The van der Waals surface area contributed by atoms with E-state index in [0.29, 0.717) is 53.4 Å². The van der Waals surface area contributed by atoms with Crippen LogP contribution in [0.25, 0.3) is 0 Å². The van der Waals surface area contributed by atoms with Crippen LogP contribution in [0.3, 0.4) is 0 Å². The van der Waals surface area contributed by atoms with Gasteiger partial charge in [-0.05, 0) is 91.3 Å². The summed E-state index contributed by atoms with van der Waals surface area (Å²) in [5, 5.41) is 46.1. The van der Waals surface area contributed by atoms with Crippen molar-refractivity contribution in [3.05, 3.63) is 179 Å². The quantitative estimate of drug-likeness (QED) is 0.00591. The van der Waals surface area contributed by atoms with Crippen molar-refractivity contribution in [2.45, 2.75) is 409 Å². The SMILES string of the molecule is CCCCCCCCCCCCCCCCCCOc1cc(CC(CC(=O)O)(C(=O)O[C@@H]2[C@@H](COC(c3ccccc3)(c3ccc(OC)cc3)c3ccc(OC)cc3)O[C@@H](n3ccc(=O)[nH]c3=O)[C@@]2(O)OC)[C@@]2(/P=[O+]/CCC#N)C[C@H](n3cc(C)c(=O)[nH]c3=O)O[C@@H]2CO)cc(OCCCCCCCCCCCCCCCCCC)c1OCCCCCCCCCCCCCCCCCC. The van der Waals surface area contributed by atoms with E-state index in [1.54, 1.807) is 50.6 Å². The first kappa shape index (κ1) is 112. The number of hydrogen-bond acceptors (Lipinski definition) is 19. The number of aryl methyl sites for hydroxylation is 1. The molecule has 0 bridgehead atoms. The number of carbonyl (C=O) groups excluding carboxylic acids is 1. The van der Waals surface area contributed by atoms with Crippen LogP contribution in [-0.4, -0.2) is 137 Å². The maximum atomic E-state index is 17.8. The number of H-pyrrole nitrogens is 2. The van der Waals surface area contributed by atoms with Gasteiger partial charge in [0.2, 0.25) is 5.75 Å². The minimum Gasteiger partial charge on any atom is -0.497 e. The Labute approximate surface area is 805 Å². The molecular formula is C109H165N5O20P+. The van der Waals surface area contributed by atoms with Gasteiger partial charge in [-0.3, -0.25) is 38.3 Å². The number of aromatic nitrogens is 4. The predicted octanol–water partition coefficient (Wildman–Crippen LogP) is 23.9. The normalized spacial score (nSPS) is 18.2. The predicted molar refractivity (Wildman–Crippen MR) is 532 cm³/mol. The van der Waals surface area contributed by atoms with E-state index in [9.17, 15) is 44.6 Å². The Morgan fingerprint density at radius 1 is 0.548 bits per heavy atom. The molecule has 8 rings (SSSR count). The molecule has 2 fully saturated rings. The highest BCUT2D eigenvalue weighted by atomic mass is 31.1. The van der Waals surface area contributed by atoms with Gasteiger partial charge < -0.3 is 62.7 Å². The minimum atomic E-state index is -2.97. The average molecular weight is 1900 g/mol. The molecule has 750 valence electrons. The largest absolute Gasteiger partial charge is 0.497 e. The molecule has 0 radical (unpaired) electrons. The van der Waals surface area contributed by atoms with E-state index in [1.807, 2.05) is 54.6 Å². The minimum absolute atomic E-state index is 0.0893. The van der Waals surface area contributed by atoms with E-state index in [0.717, 1.165) is 112 Å². The highest BCUT2D eigenvalue weighted by Crippen LogP contribution is 2.61. The number of aliphatic hydroxyl groups excluding tert-OH is 1. The number of rotatable bonds is 76. The smallest absolute Gasteiger partial charge is 0.404 e. The molecule has 8 atom stereocenters. The number of esters is 1. The molecular weight excluding hydrogens is 1730 g/mol. The number of hydrogen-bond donors (Lipinski definition) is 5. The van der Waals surface area contributed by atoms with Crippen LogP contribution in [0.15, 0.2) is 129 Å². The van der Waals surface area contributed by atoms with Crippen molar-refractivity contribution in [2.75, 3.05) is 61.0 Å². The van der Waals surface area contributed by atoms with Gasteiger partial charge in [-0.25, -0.2) is 13.8 Å². The van der Waals surface area contributed by atoms with Crippen LogP contribution in [0, 0.1) is 23.7 Å². The number of carbonyl (C=O) groups is 2. The number of ether oxygens (including phenoxy) is 10. The third-order valence-corrected chi connectivity index (χ3v) is 28.7. The van der Waals surface area contributed by atoms with Gasteiger partial charge in [0.05, 0.1) is 59.7 Å². The average Bonchev–Trinajstić information content (AvgIpc) is 1.58. The number of methoxy groups -OCH3 is 3. The Hall–Kier alpha value is -8.47. The summed E-state index contributed by atoms with van der Waals surface area (Å²) < 4.78 is 75.4. The number of benzene rings is 4. The molecule has 4 heterocycles. The van der Waals surface area contributed by atoms with Crippen LogP contribution in [0.4, 0.5) is 0 Å². The molecule has 0 amide bonds. The van der Waals surface area contributed by atoms with Crippen LogP contribution in [-0.2, 0) is 49.5 Å². The van der Waals surface area contributed by atoms with Crippen molar-refractivity contribution in [3.63, 3.8) is 0 Å². The lowest BCUT2D eigenvalue weighted by Crippen LogP contribution is -2.60. The summed E-state index contributed by atoms with van der Waals surface area (Å²) in [4.78, 5) is 92.2. The summed E-state index contributed by atoms with van der Waals surface area (Å²) >= 11 is 0. The summed E-state index contributed by atoms with van der Waals surface area (Å²) in [6.07, 6.45) is 47.7. The van der Waals surface area contributed by atoms with Gasteiger partial charge >= 0.3 is 31.8 Å². The number of carboxylic acid groups (broad SMARTS) is 1. The molecule has 0 saturated carbocycles. The Bertz CT molecular complexity index is 4520. The molecule has 2 aromatic heterocycles. The van der Waals surface area contributed by atoms with Crippen molar-refractivity contribution in [2.24, 2.45) is 5.41 Å². The van der Waals surface area contributed by atoms with E-state index < -0.39 is 120 Å². The fourth-order valence-corrected chi connectivity index (χ4v) is 20.7. The molecule has 2 aliphatic rings. The van der Waals surface area contributed by atoms with Gasteiger partial charge in [0.15, 0.2) is 29.0 Å². The van der Waals surface area contributed by atoms with Crippen molar-refractivity contribution >= 4 is 20.4 Å². The van der Waals surface area contributed by atoms with Gasteiger partial charge in [0.1, 0.15) is 47.4 Å². The van der Waals surface area contributed by atoms with Crippen molar-refractivity contribution in [1.29, 1.82) is 5.26 Å². The first-order valence-electron chi connectivity index (χ1n) is 51.9. The Balaban J connectivity index is 1.24. The monoisotopic (exact) mass is 1900 g/mol. The topological polar surface area (TPSA) is 332 Å². The number of nitriles is 1. The van der Waals surface area contributed by atoms with Gasteiger partial charge in [0, 0.05) is 37.6 Å². The standard InChI is InChI=1S/C109H164N5O20P/c1-8-11-14-17-20-23-26-29-32-35-38-41-44-47-50-56-73-127-92-77-86(78-93(128-74-57-51-48-45-42-39-36-33-30-27-24-21-18-15-12-9-2)99(92)129-75-58-52-49-46-43-40-37-34-31-28-25-22-19-16-13-10-3)79-106(81-98(117)118,107(135-131-76-59-71-110)80-97(133-95(107)83-115)114-82-85(4)101(119)112-105(114)122)103(120)134-100-94(132-102(109(100,123)126-7)113-72-70-96(116)111-104(113)121)84-130-108(87-60-54-53-55-61-87,88-62-66-90(124-5)67-63-88)89-64-68-91(125-6)69-65-89/h53-55,60-70,72,77-78,82,94-95,97,100,102,115,123H,8-52,56-59,73-76,79-81,83-84H2,1-7H3,(H2-,111,112,116,117,118,119,121,122)/p+1/t94-,95-,97-,100-,102-,106?,107-,109+/m1/s1. The van der Waals surface area contributed by atoms with E-state index in [2.05, 4.69) is 36.8 Å². The lowest BCUT2D eigenvalue weighted by atomic mass is 9.65. The van der Waals surface area contributed by atoms with Crippen molar-refractivity contribution < 1.29 is 76.5 Å². The lowest BCUT2D eigenvalue weighted by Gasteiger charge is -2.43. The molecule has 2 saturated heterocycles. The summed E-state index contributed by atoms with van der Waals surface area (Å²) in [7, 11) is 3.94. The Morgan fingerprint density at radius 3 is 1.36 bits per heavy atom. The van der Waals surface area contributed by atoms with Gasteiger partial charge in [-0.1, -0.05) is 364 Å². The fourth-order valence-electron chi connectivity index (χ4n) is 19.4. The highest BCUT2D eigenvalue weighted by molar-refractivity contribution is 7.26. The molecule has 1 unspecified atom stereocenters. The van der Waals surface area contributed by atoms with E-state index >= 15 is 4.79 Å². The number of unbranched alkanes of at least 4 members (excludes halogenated alkanes) is 45. The number of aliphatic hydroxyl groups is 2. The molecule has 2 aliphatic heterocycles. The summed E-state index contributed by atoms with van der Waals surface area (Å²) in [6.45, 7) is 7.15. The summed E-state index contributed by atoms with van der Waals surface area (Å²) in [6, 6.07) is 30.2. The molecule has 6 aromatic rings. The van der Waals surface area contributed by atoms with Crippen LogP contribution < -0.4 is 46.2 Å². The Morgan fingerprint density at radius 2 is 0.963 bits per heavy atom. The maximum Gasteiger partial charge on any atom is 0.404 e. The third kappa shape index (κ3) is 35.1. The number of aromatic amines is 2. The van der Waals surface area contributed by atoms with Gasteiger partial charge in [-0.2, -0.15) is 5.26 Å². The molecule has 0 spiro atoms. The second kappa shape index (κ2) is 63.2. The fraction of sp³-hybridized carbons (Fsp3) is 0.679. The van der Waals surface area contributed by atoms with Crippen LogP contribution in [0.1, 0.15) is 389 Å². The van der Waals surface area contributed by atoms with E-state index in [1.165, 1.54) is 225 Å². The molecule has 26 heteroatoms. The van der Waals surface area contributed by atoms with Crippen LogP contribution in [0.2, 0.25) is 0 Å². The zero-order chi connectivity index (χ0) is 96.6. The molecule has 135 heavy (non-hydrogen) atoms. The molecule has 25 nitrogen and oxygen atoms in total. The highest BCUT2D eigenvalue weighted by Gasteiger charge is 2.72. The summed E-state index contributed by atoms with van der Waals surface area (Å²) in [5.41, 5.74) is -5.74. The molecule has 5 N–H and O–H groups in total. The van der Waals surface area contributed by atoms with Crippen molar-refractivity contribution in [1.82, 2.24) is 19.1 Å². The lowest BCUT2D eigenvalue weighted by molar-refractivity contribution is -0.272. The third-order valence-electron chi connectivity index (χ3n) is 27.2. The first-order chi connectivity index (χ1) is 65.8. The Kier molecular flexibility index (Phi) is 52.3. The van der Waals surface area contributed by atoms with Gasteiger partial charge in [0.25, 0.3) is 23.5 Å². The van der Waals surface area contributed by atoms with Crippen LogP contribution >= 0.6 is 8.46 Å². The first-order valence-corrected chi connectivity index (χ1v) is 52.7.